The molecule has 1 aromatic carbocycles. The second-order valence-corrected chi connectivity index (χ2v) is 4.98. The molecule has 0 bridgehead atoms. The first-order chi connectivity index (χ1) is 10.4. The van der Waals surface area contributed by atoms with E-state index in [4.69, 9.17) is 4.42 Å². The number of hydrogen-bond donors (Lipinski definition) is 2. The van der Waals surface area contributed by atoms with E-state index in [0.29, 0.717) is 17.0 Å². The normalized spacial score (nSPS) is 11.8. The minimum atomic E-state index is -0.479. The molecular weight excluding hydrogens is 286 g/mol. The molecule has 2 rings (SSSR count). The van der Waals surface area contributed by atoms with Gasteiger partial charge in [0.05, 0.1) is 22.2 Å². The molecule has 7 nitrogen and oxygen atoms in total. The molecule has 0 aliphatic carbocycles. The molecule has 0 unspecified atom stereocenters. The Bertz CT molecular complexity index is 709. The van der Waals surface area contributed by atoms with Crippen molar-refractivity contribution in [2.24, 2.45) is 0 Å². The van der Waals surface area contributed by atoms with E-state index in [2.05, 4.69) is 10.6 Å². The first kappa shape index (κ1) is 15.6. The number of hydrogen-bond acceptors (Lipinski definition) is 4. The van der Waals surface area contributed by atoms with E-state index in [1.807, 2.05) is 13.0 Å². The lowest BCUT2D eigenvalue weighted by molar-refractivity contribution is -0.385. The Morgan fingerprint density at radius 2 is 2.00 bits per heavy atom. The number of nitrogens with zero attached hydrogens (tertiary/aromatic N) is 1. The Hall–Kier alpha value is -2.83. The van der Waals surface area contributed by atoms with E-state index >= 15 is 0 Å². The smallest absolute Gasteiger partial charge is 0.319 e. The first-order valence-corrected chi connectivity index (χ1v) is 6.76. The van der Waals surface area contributed by atoms with Gasteiger partial charge in [-0.2, -0.15) is 0 Å². The van der Waals surface area contributed by atoms with Crippen LogP contribution in [0.5, 0.6) is 0 Å². The topological polar surface area (TPSA) is 97.4 Å². The van der Waals surface area contributed by atoms with Gasteiger partial charge < -0.3 is 15.1 Å². The lowest BCUT2D eigenvalue weighted by atomic mass is 10.1. The van der Waals surface area contributed by atoms with Crippen LogP contribution < -0.4 is 10.6 Å². The molecular formula is C15H17N3O4. The minimum absolute atomic E-state index is 0.0347. The fourth-order valence-corrected chi connectivity index (χ4v) is 2.07. The van der Waals surface area contributed by atoms with Crippen molar-refractivity contribution in [3.63, 3.8) is 0 Å². The number of aryl methyl sites for hydroxylation is 1. The van der Waals surface area contributed by atoms with Gasteiger partial charge >= 0.3 is 6.03 Å². The summed E-state index contributed by atoms with van der Waals surface area (Å²) in [5.74, 6) is 1.40. The van der Waals surface area contributed by atoms with Crippen LogP contribution in [0, 0.1) is 24.0 Å². The van der Waals surface area contributed by atoms with Crippen molar-refractivity contribution in [1.29, 1.82) is 0 Å². The SMILES string of the molecule is Cc1ccc([C@H](C)NC(=O)Nc2cccc([N+](=O)[O-])c2C)o1. The average molecular weight is 303 g/mol. The quantitative estimate of drug-likeness (QED) is 0.665. The van der Waals surface area contributed by atoms with Crippen molar-refractivity contribution in [2.75, 3.05) is 5.32 Å². The van der Waals surface area contributed by atoms with Crippen molar-refractivity contribution in [1.82, 2.24) is 5.32 Å². The molecule has 22 heavy (non-hydrogen) atoms. The van der Waals surface area contributed by atoms with Gasteiger partial charge in [0.1, 0.15) is 11.5 Å². The summed E-state index contributed by atoms with van der Waals surface area (Å²) in [5, 5.41) is 16.2. The molecule has 2 N–H and O–H groups in total. The fourth-order valence-electron chi connectivity index (χ4n) is 2.07. The van der Waals surface area contributed by atoms with E-state index in [1.165, 1.54) is 12.1 Å². The molecule has 0 fully saturated rings. The molecule has 2 aromatic rings. The predicted octanol–water partition coefficient (Wildman–Crippen LogP) is 3.69. The summed E-state index contributed by atoms with van der Waals surface area (Å²) in [5.41, 5.74) is 0.770. The molecule has 2 amide bonds. The standard InChI is InChI=1S/C15H17N3O4/c1-9-7-8-14(22-9)11(3)16-15(19)17-12-5-4-6-13(10(12)2)18(20)21/h4-8,11H,1-3H3,(H2,16,17,19)/t11-/m0/s1. The van der Waals surface area contributed by atoms with Crippen molar-refractivity contribution < 1.29 is 14.1 Å². The molecule has 7 heteroatoms. The van der Waals surface area contributed by atoms with Gasteiger partial charge in [-0.3, -0.25) is 10.1 Å². The molecule has 1 aromatic heterocycles. The van der Waals surface area contributed by atoms with Crippen LogP contribution in [-0.4, -0.2) is 11.0 Å². The zero-order valence-corrected chi connectivity index (χ0v) is 12.5. The molecule has 0 saturated heterocycles. The Labute approximate surface area is 127 Å². The number of furan rings is 1. The lowest BCUT2D eigenvalue weighted by Gasteiger charge is -2.13. The number of carbonyl (C=O) groups is 1. The Morgan fingerprint density at radius 3 is 2.59 bits per heavy atom. The van der Waals surface area contributed by atoms with Crippen LogP contribution in [0.3, 0.4) is 0 Å². The first-order valence-electron chi connectivity index (χ1n) is 6.76. The van der Waals surface area contributed by atoms with E-state index < -0.39 is 11.0 Å². The number of nitro benzene ring substituents is 1. The van der Waals surface area contributed by atoms with Crippen LogP contribution in [0.4, 0.5) is 16.2 Å². The molecule has 1 heterocycles. The number of carbonyl (C=O) groups excluding carboxylic acids is 1. The number of rotatable bonds is 4. The fraction of sp³-hybridized carbons (Fsp3) is 0.267. The van der Waals surface area contributed by atoms with Crippen LogP contribution in [0.2, 0.25) is 0 Å². The summed E-state index contributed by atoms with van der Waals surface area (Å²) in [6, 6.07) is 7.38. The maximum atomic E-state index is 12.0. The lowest BCUT2D eigenvalue weighted by Crippen LogP contribution is -2.31. The maximum Gasteiger partial charge on any atom is 0.319 e. The highest BCUT2D eigenvalue weighted by molar-refractivity contribution is 5.90. The van der Waals surface area contributed by atoms with E-state index in [9.17, 15) is 14.9 Å². The van der Waals surface area contributed by atoms with Gasteiger partial charge in [0.2, 0.25) is 0 Å². The molecule has 0 aliphatic heterocycles. The van der Waals surface area contributed by atoms with Gasteiger partial charge in [0.25, 0.3) is 5.69 Å². The highest BCUT2D eigenvalue weighted by Gasteiger charge is 2.17. The van der Waals surface area contributed by atoms with Crippen LogP contribution in [-0.2, 0) is 0 Å². The summed E-state index contributed by atoms with van der Waals surface area (Å²) in [7, 11) is 0. The third-order valence-corrected chi connectivity index (χ3v) is 3.29. The molecule has 0 aliphatic rings. The van der Waals surface area contributed by atoms with Gasteiger partial charge in [-0.25, -0.2) is 4.79 Å². The van der Waals surface area contributed by atoms with Gasteiger partial charge in [-0.05, 0) is 39.0 Å². The summed E-state index contributed by atoms with van der Waals surface area (Å²) in [6.45, 7) is 5.20. The molecule has 0 radical (unpaired) electrons. The summed E-state index contributed by atoms with van der Waals surface area (Å²) in [6.07, 6.45) is 0. The summed E-state index contributed by atoms with van der Waals surface area (Å²) < 4.78 is 5.44. The van der Waals surface area contributed by atoms with Gasteiger partial charge in [-0.1, -0.05) is 6.07 Å². The van der Waals surface area contributed by atoms with Crippen molar-refractivity contribution in [3.8, 4) is 0 Å². The second kappa shape index (κ2) is 6.30. The van der Waals surface area contributed by atoms with Crippen LogP contribution in [0.1, 0.15) is 30.0 Å². The second-order valence-electron chi connectivity index (χ2n) is 4.98. The number of anilines is 1. The minimum Gasteiger partial charge on any atom is -0.464 e. The van der Waals surface area contributed by atoms with Crippen LogP contribution in [0.15, 0.2) is 34.7 Å². The Balaban J connectivity index is 2.06. The maximum absolute atomic E-state index is 12.0. The predicted molar refractivity (Wildman–Crippen MR) is 81.8 cm³/mol. The Morgan fingerprint density at radius 1 is 1.27 bits per heavy atom. The van der Waals surface area contributed by atoms with Gasteiger partial charge in [0, 0.05) is 6.07 Å². The summed E-state index contributed by atoms with van der Waals surface area (Å²) in [4.78, 5) is 22.4. The highest BCUT2D eigenvalue weighted by Crippen LogP contribution is 2.25. The van der Waals surface area contributed by atoms with E-state index in [0.717, 1.165) is 5.76 Å². The Kier molecular flexibility index (Phi) is 4.45. The van der Waals surface area contributed by atoms with E-state index in [-0.39, 0.29) is 11.7 Å². The molecule has 1 atom stereocenters. The number of urea groups is 1. The molecule has 116 valence electrons. The largest absolute Gasteiger partial charge is 0.464 e. The highest BCUT2D eigenvalue weighted by atomic mass is 16.6. The third-order valence-electron chi connectivity index (χ3n) is 3.29. The van der Waals surface area contributed by atoms with Gasteiger partial charge in [-0.15, -0.1) is 0 Å². The van der Waals surface area contributed by atoms with Gasteiger partial charge in [0.15, 0.2) is 0 Å². The average Bonchev–Trinajstić information content (AvgIpc) is 2.87. The monoisotopic (exact) mass is 303 g/mol. The van der Waals surface area contributed by atoms with Crippen molar-refractivity contribution >= 4 is 17.4 Å². The van der Waals surface area contributed by atoms with Crippen LogP contribution in [0.25, 0.3) is 0 Å². The van der Waals surface area contributed by atoms with Crippen LogP contribution >= 0.6 is 0 Å². The molecule has 0 spiro atoms. The number of benzene rings is 1. The summed E-state index contributed by atoms with van der Waals surface area (Å²) >= 11 is 0. The third kappa shape index (κ3) is 3.43. The number of nitro groups is 1. The zero-order valence-electron chi connectivity index (χ0n) is 12.5. The number of amides is 2. The zero-order chi connectivity index (χ0) is 16.3. The van der Waals surface area contributed by atoms with E-state index in [1.54, 1.807) is 26.0 Å². The number of nitrogens with one attached hydrogen (secondary N) is 2. The molecule has 0 saturated carbocycles. The van der Waals surface area contributed by atoms with Crippen molar-refractivity contribution in [2.45, 2.75) is 26.8 Å². The van der Waals surface area contributed by atoms with Crippen molar-refractivity contribution in [3.05, 3.63) is 57.5 Å².